The molecule has 0 bridgehead atoms. The molecular weight excluding hydrogens is 229 g/mol. The van der Waals surface area contributed by atoms with Gasteiger partial charge in [-0.1, -0.05) is 6.92 Å². The molecule has 0 amide bonds. The standard InChI is InChI=1S/C12H17F3N2/c1-7(2)17-10-6-8(3)4-5-9(10)11(16-17)12(13,14)15/h7-8H,4-6H2,1-3H3. The van der Waals surface area contributed by atoms with Gasteiger partial charge in [0.1, 0.15) is 0 Å². The third-order valence-electron chi connectivity index (χ3n) is 3.31. The van der Waals surface area contributed by atoms with Crippen LogP contribution in [-0.2, 0) is 19.0 Å². The highest BCUT2D eigenvalue weighted by molar-refractivity contribution is 5.31. The minimum atomic E-state index is -4.33. The van der Waals surface area contributed by atoms with Gasteiger partial charge in [-0.2, -0.15) is 18.3 Å². The molecule has 1 aliphatic carbocycles. The third kappa shape index (κ3) is 2.19. The molecule has 0 saturated carbocycles. The minimum Gasteiger partial charge on any atom is -0.266 e. The zero-order valence-corrected chi connectivity index (χ0v) is 10.3. The van der Waals surface area contributed by atoms with Crippen LogP contribution in [0.15, 0.2) is 0 Å². The van der Waals surface area contributed by atoms with Crippen molar-refractivity contribution in [2.75, 3.05) is 0 Å². The lowest BCUT2D eigenvalue weighted by Gasteiger charge is -2.21. The van der Waals surface area contributed by atoms with Gasteiger partial charge in [-0.15, -0.1) is 0 Å². The van der Waals surface area contributed by atoms with Crippen LogP contribution in [0.4, 0.5) is 13.2 Å². The monoisotopic (exact) mass is 246 g/mol. The first-order chi connectivity index (χ1) is 7.80. The van der Waals surface area contributed by atoms with E-state index in [0.29, 0.717) is 24.3 Å². The predicted octanol–water partition coefficient (Wildman–Crippen LogP) is 3.61. The van der Waals surface area contributed by atoms with E-state index in [-0.39, 0.29) is 6.04 Å². The zero-order valence-electron chi connectivity index (χ0n) is 10.3. The first-order valence-corrected chi connectivity index (χ1v) is 5.98. The van der Waals surface area contributed by atoms with E-state index < -0.39 is 11.9 Å². The molecular formula is C12H17F3N2. The van der Waals surface area contributed by atoms with Crippen LogP contribution < -0.4 is 0 Å². The smallest absolute Gasteiger partial charge is 0.266 e. The lowest BCUT2D eigenvalue weighted by atomic mass is 9.88. The van der Waals surface area contributed by atoms with Crippen molar-refractivity contribution in [3.8, 4) is 0 Å². The summed E-state index contributed by atoms with van der Waals surface area (Å²) in [6, 6.07) is -0.0230. The second kappa shape index (κ2) is 4.03. The van der Waals surface area contributed by atoms with Crippen LogP contribution in [0.2, 0.25) is 0 Å². The number of fused-ring (bicyclic) bond motifs is 1. The van der Waals surface area contributed by atoms with E-state index >= 15 is 0 Å². The Hall–Kier alpha value is -1.00. The Labute approximate surface area is 98.8 Å². The molecule has 0 spiro atoms. The number of halogens is 3. The van der Waals surface area contributed by atoms with Crippen LogP contribution in [-0.4, -0.2) is 9.78 Å². The Morgan fingerprint density at radius 3 is 2.53 bits per heavy atom. The summed E-state index contributed by atoms with van der Waals surface area (Å²) < 4.78 is 40.2. The predicted molar refractivity (Wildman–Crippen MR) is 58.8 cm³/mol. The van der Waals surface area contributed by atoms with Gasteiger partial charge in [0.25, 0.3) is 0 Å². The largest absolute Gasteiger partial charge is 0.435 e. The Kier molecular flexibility index (Phi) is 2.96. The quantitative estimate of drug-likeness (QED) is 0.740. The Morgan fingerprint density at radius 1 is 1.35 bits per heavy atom. The fraction of sp³-hybridized carbons (Fsp3) is 0.750. The van der Waals surface area contributed by atoms with Crippen molar-refractivity contribution < 1.29 is 13.2 Å². The summed E-state index contributed by atoms with van der Waals surface area (Å²) in [6.45, 7) is 5.81. The molecule has 5 heteroatoms. The maximum Gasteiger partial charge on any atom is 0.435 e. The molecule has 0 aromatic carbocycles. The van der Waals surface area contributed by atoms with Gasteiger partial charge in [0.2, 0.25) is 0 Å². The van der Waals surface area contributed by atoms with Gasteiger partial charge in [-0.3, -0.25) is 4.68 Å². The third-order valence-corrected chi connectivity index (χ3v) is 3.31. The minimum absolute atomic E-state index is 0.0230. The van der Waals surface area contributed by atoms with Crippen LogP contribution in [0.25, 0.3) is 0 Å². The van der Waals surface area contributed by atoms with Gasteiger partial charge < -0.3 is 0 Å². The number of nitrogens with zero attached hydrogens (tertiary/aromatic N) is 2. The maximum atomic E-state index is 12.9. The molecule has 1 aromatic rings. The number of hydrogen-bond donors (Lipinski definition) is 0. The van der Waals surface area contributed by atoms with E-state index in [1.54, 1.807) is 4.68 Å². The van der Waals surface area contributed by atoms with E-state index in [1.165, 1.54) is 0 Å². The van der Waals surface area contributed by atoms with Gasteiger partial charge in [-0.05, 0) is 39.0 Å². The van der Waals surface area contributed by atoms with E-state index in [1.807, 2.05) is 13.8 Å². The van der Waals surface area contributed by atoms with E-state index in [9.17, 15) is 13.2 Å². The molecule has 1 aromatic heterocycles. The molecule has 2 nitrogen and oxygen atoms in total. The highest BCUT2D eigenvalue weighted by Crippen LogP contribution is 2.37. The van der Waals surface area contributed by atoms with Crippen molar-refractivity contribution in [3.05, 3.63) is 17.0 Å². The van der Waals surface area contributed by atoms with Crippen molar-refractivity contribution in [2.24, 2.45) is 5.92 Å². The number of hydrogen-bond acceptors (Lipinski definition) is 1. The van der Waals surface area contributed by atoms with Crippen LogP contribution in [0, 0.1) is 5.92 Å². The Morgan fingerprint density at radius 2 is 2.00 bits per heavy atom. The van der Waals surface area contributed by atoms with Crippen molar-refractivity contribution >= 4 is 0 Å². The molecule has 1 unspecified atom stereocenters. The molecule has 17 heavy (non-hydrogen) atoms. The van der Waals surface area contributed by atoms with Gasteiger partial charge in [0, 0.05) is 17.3 Å². The number of rotatable bonds is 1. The van der Waals surface area contributed by atoms with E-state index in [4.69, 9.17) is 0 Å². The van der Waals surface area contributed by atoms with E-state index in [0.717, 1.165) is 12.1 Å². The summed E-state index contributed by atoms with van der Waals surface area (Å²) in [5.74, 6) is 0.442. The second-order valence-corrected chi connectivity index (χ2v) is 5.16. The van der Waals surface area contributed by atoms with Gasteiger partial charge >= 0.3 is 6.18 Å². The maximum absolute atomic E-state index is 12.9. The van der Waals surface area contributed by atoms with Crippen molar-refractivity contribution in [1.82, 2.24) is 9.78 Å². The molecule has 0 saturated heterocycles. The van der Waals surface area contributed by atoms with Gasteiger partial charge in [0.15, 0.2) is 5.69 Å². The van der Waals surface area contributed by atoms with Crippen molar-refractivity contribution in [1.29, 1.82) is 0 Å². The summed E-state index contributed by atoms with van der Waals surface area (Å²) in [5.41, 5.74) is 0.531. The second-order valence-electron chi connectivity index (χ2n) is 5.16. The Bertz CT molecular complexity index is 418. The first kappa shape index (κ1) is 12.5. The summed E-state index contributed by atoms with van der Waals surface area (Å²) >= 11 is 0. The van der Waals surface area contributed by atoms with Gasteiger partial charge in [0.05, 0.1) is 0 Å². The number of alkyl halides is 3. The average Bonchev–Trinajstić information content (AvgIpc) is 2.55. The lowest BCUT2D eigenvalue weighted by molar-refractivity contribution is -0.142. The van der Waals surface area contributed by atoms with Crippen LogP contribution >= 0.6 is 0 Å². The van der Waals surface area contributed by atoms with Crippen LogP contribution in [0.1, 0.15) is 50.2 Å². The lowest BCUT2D eigenvalue weighted by Crippen LogP contribution is -2.16. The van der Waals surface area contributed by atoms with Gasteiger partial charge in [-0.25, -0.2) is 0 Å². The van der Waals surface area contributed by atoms with Crippen LogP contribution in [0.3, 0.4) is 0 Å². The molecule has 0 aliphatic heterocycles. The molecule has 1 atom stereocenters. The zero-order chi connectivity index (χ0) is 12.8. The first-order valence-electron chi connectivity index (χ1n) is 5.98. The Balaban J connectivity index is 2.54. The topological polar surface area (TPSA) is 17.8 Å². The molecule has 1 heterocycles. The van der Waals surface area contributed by atoms with Crippen LogP contribution in [0.5, 0.6) is 0 Å². The summed E-state index contributed by atoms with van der Waals surface area (Å²) in [7, 11) is 0. The highest BCUT2D eigenvalue weighted by Gasteiger charge is 2.40. The highest BCUT2D eigenvalue weighted by atomic mass is 19.4. The molecule has 2 rings (SSSR count). The summed E-state index contributed by atoms with van der Waals surface area (Å²) in [4.78, 5) is 0. The molecule has 0 N–H and O–H groups in total. The van der Waals surface area contributed by atoms with Crippen molar-refractivity contribution in [2.45, 2.75) is 52.3 Å². The number of aromatic nitrogens is 2. The SMILES string of the molecule is CC1CCc2c(C(F)(F)F)nn(C(C)C)c2C1. The molecule has 1 aliphatic rings. The normalized spacial score (nSPS) is 20.8. The molecule has 96 valence electrons. The summed E-state index contributed by atoms with van der Waals surface area (Å²) in [6.07, 6.45) is -2.31. The fourth-order valence-electron chi connectivity index (χ4n) is 2.46. The fourth-order valence-corrected chi connectivity index (χ4v) is 2.46. The van der Waals surface area contributed by atoms with E-state index in [2.05, 4.69) is 12.0 Å². The molecule has 0 fully saturated rings. The average molecular weight is 246 g/mol. The van der Waals surface area contributed by atoms with Crippen molar-refractivity contribution in [3.63, 3.8) is 0 Å². The molecule has 0 radical (unpaired) electrons. The summed E-state index contributed by atoms with van der Waals surface area (Å²) in [5, 5.41) is 3.79.